The summed E-state index contributed by atoms with van der Waals surface area (Å²) >= 11 is 0. The number of aliphatic hydroxyl groups excluding tert-OH is 1. The molecule has 1 fully saturated rings. The Balaban J connectivity index is 1.70. The van der Waals surface area contributed by atoms with Gasteiger partial charge in [-0.3, -0.25) is 14.6 Å². The van der Waals surface area contributed by atoms with Crippen molar-refractivity contribution in [3.63, 3.8) is 0 Å². The Morgan fingerprint density at radius 1 is 1.31 bits per heavy atom. The van der Waals surface area contributed by atoms with Gasteiger partial charge in [0.2, 0.25) is 5.91 Å². The maximum Gasteiger partial charge on any atom is 0.269 e. The molecule has 1 atom stereocenters. The lowest BCUT2D eigenvalue weighted by molar-refractivity contribution is -0.135. The van der Waals surface area contributed by atoms with Gasteiger partial charge in [-0.05, 0) is 42.7 Å². The number of aliphatic hydroxyl groups is 1. The number of amides is 2. The normalized spacial score (nSPS) is 17.0. The molecule has 2 amide bonds. The number of carbonyl (C=O) groups is 2. The minimum absolute atomic E-state index is 0.0124. The second-order valence-corrected chi connectivity index (χ2v) is 8.37. The predicted octanol–water partition coefficient (Wildman–Crippen LogP) is 2.24. The quantitative estimate of drug-likeness (QED) is 0.814. The van der Waals surface area contributed by atoms with E-state index >= 15 is 0 Å². The molecule has 6 nitrogen and oxygen atoms in total. The second-order valence-electron chi connectivity index (χ2n) is 8.37. The van der Waals surface area contributed by atoms with Gasteiger partial charge >= 0.3 is 0 Å². The summed E-state index contributed by atoms with van der Waals surface area (Å²) in [4.78, 5) is 30.2. The maximum absolute atomic E-state index is 12.3. The monoisotopic (exact) mass is 361 g/mol. The van der Waals surface area contributed by atoms with Gasteiger partial charge in [0.1, 0.15) is 5.69 Å². The van der Waals surface area contributed by atoms with Crippen molar-refractivity contribution in [2.45, 2.75) is 52.6 Å². The van der Waals surface area contributed by atoms with Crippen LogP contribution in [0.3, 0.4) is 0 Å². The molecular formula is C20H31N3O3. The molecule has 1 aromatic rings. The van der Waals surface area contributed by atoms with E-state index in [-0.39, 0.29) is 23.7 Å². The molecule has 0 radical (unpaired) electrons. The van der Waals surface area contributed by atoms with Crippen LogP contribution in [0, 0.1) is 11.3 Å². The van der Waals surface area contributed by atoms with E-state index < -0.39 is 6.10 Å². The first kappa shape index (κ1) is 20.4. The number of nitrogens with zero attached hydrogens (tertiary/aromatic N) is 2. The molecule has 1 aliphatic heterocycles. The van der Waals surface area contributed by atoms with Gasteiger partial charge in [-0.1, -0.05) is 26.8 Å². The number of carbonyl (C=O) groups excluding carboxylic acids is 2. The molecule has 1 saturated heterocycles. The minimum atomic E-state index is -0.585. The maximum atomic E-state index is 12.3. The van der Waals surface area contributed by atoms with Crippen LogP contribution in [0.1, 0.15) is 56.9 Å². The van der Waals surface area contributed by atoms with Gasteiger partial charge in [-0.15, -0.1) is 0 Å². The van der Waals surface area contributed by atoms with Crippen molar-refractivity contribution in [2.75, 3.05) is 19.6 Å². The molecule has 2 rings (SSSR count). The summed E-state index contributed by atoms with van der Waals surface area (Å²) in [5.41, 5.74) is 0.436. The Morgan fingerprint density at radius 3 is 2.58 bits per heavy atom. The number of nitrogens with one attached hydrogen (secondary N) is 1. The number of rotatable bonds is 6. The number of aromatic nitrogens is 1. The van der Waals surface area contributed by atoms with Crippen LogP contribution in [0.5, 0.6) is 0 Å². The van der Waals surface area contributed by atoms with E-state index in [1.54, 1.807) is 24.4 Å². The first-order chi connectivity index (χ1) is 12.2. The molecule has 26 heavy (non-hydrogen) atoms. The van der Waals surface area contributed by atoms with Crippen molar-refractivity contribution in [2.24, 2.45) is 11.3 Å². The van der Waals surface area contributed by atoms with Crippen molar-refractivity contribution in [1.82, 2.24) is 15.2 Å². The summed E-state index contributed by atoms with van der Waals surface area (Å²) < 4.78 is 0. The average molecular weight is 361 g/mol. The Morgan fingerprint density at radius 2 is 2.00 bits per heavy atom. The largest absolute Gasteiger partial charge is 0.393 e. The van der Waals surface area contributed by atoms with Gasteiger partial charge in [-0.25, -0.2) is 0 Å². The number of hydrogen-bond acceptors (Lipinski definition) is 4. The molecule has 0 aromatic carbocycles. The molecule has 6 heteroatoms. The standard InChI is InChI=1S/C20H31N3O3/c1-20(2,3)13-16(24)12-18(25)23-10-7-15(8-11-23)14-22-19(26)17-6-4-5-9-21-17/h4-6,9,15-16,24H,7-8,10-14H2,1-3H3,(H,22,26). The van der Waals surface area contributed by atoms with Crippen LogP contribution in [0.4, 0.5) is 0 Å². The average Bonchev–Trinajstić information content (AvgIpc) is 2.59. The summed E-state index contributed by atoms with van der Waals surface area (Å²) in [5.74, 6) is 0.235. The highest BCUT2D eigenvalue weighted by Gasteiger charge is 2.26. The summed E-state index contributed by atoms with van der Waals surface area (Å²) in [6.07, 6.45) is 3.56. The zero-order valence-corrected chi connectivity index (χ0v) is 16.1. The highest BCUT2D eigenvalue weighted by Crippen LogP contribution is 2.23. The van der Waals surface area contributed by atoms with Crippen LogP contribution >= 0.6 is 0 Å². The molecule has 1 unspecified atom stereocenters. The number of hydrogen-bond donors (Lipinski definition) is 2. The fourth-order valence-electron chi connectivity index (χ4n) is 3.32. The van der Waals surface area contributed by atoms with Crippen LogP contribution < -0.4 is 5.32 Å². The molecule has 2 N–H and O–H groups in total. The molecule has 0 spiro atoms. The van der Waals surface area contributed by atoms with E-state index in [2.05, 4.69) is 31.1 Å². The SMILES string of the molecule is CC(C)(C)CC(O)CC(=O)N1CCC(CNC(=O)c2ccccn2)CC1. The molecule has 0 bridgehead atoms. The van der Waals surface area contributed by atoms with Crippen LogP contribution in [0.2, 0.25) is 0 Å². The van der Waals surface area contributed by atoms with Crippen LogP contribution in [0.25, 0.3) is 0 Å². The van der Waals surface area contributed by atoms with Gasteiger partial charge in [0.25, 0.3) is 5.91 Å². The zero-order chi connectivity index (χ0) is 19.2. The van der Waals surface area contributed by atoms with E-state index in [4.69, 9.17) is 0 Å². The van der Waals surface area contributed by atoms with Gasteiger partial charge in [0, 0.05) is 25.8 Å². The topological polar surface area (TPSA) is 82.5 Å². The third-order valence-electron chi connectivity index (χ3n) is 4.67. The lowest BCUT2D eigenvalue weighted by Gasteiger charge is -2.33. The Bertz CT molecular complexity index is 590. The van der Waals surface area contributed by atoms with Gasteiger partial charge < -0.3 is 15.3 Å². The van der Waals surface area contributed by atoms with E-state index in [0.29, 0.717) is 37.7 Å². The lowest BCUT2D eigenvalue weighted by atomic mass is 9.88. The van der Waals surface area contributed by atoms with Crippen LogP contribution in [0.15, 0.2) is 24.4 Å². The van der Waals surface area contributed by atoms with Crippen LogP contribution in [-0.2, 0) is 4.79 Å². The number of pyridine rings is 1. The number of likely N-dealkylation sites (tertiary alicyclic amines) is 1. The Hall–Kier alpha value is -1.95. The van der Waals surface area contributed by atoms with Gasteiger partial charge in [0.15, 0.2) is 0 Å². The van der Waals surface area contributed by atoms with E-state index in [1.807, 2.05) is 4.90 Å². The Kier molecular flexibility index (Phi) is 7.14. The highest BCUT2D eigenvalue weighted by atomic mass is 16.3. The molecule has 2 heterocycles. The Labute approximate surface area is 156 Å². The first-order valence-electron chi connectivity index (χ1n) is 9.39. The lowest BCUT2D eigenvalue weighted by Crippen LogP contribution is -2.42. The van der Waals surface area contributed by atoms with Gasteiger partial charge in [0.05, 0.1) is 12.5 Å². The summed E-state index contributed by atoms with van der Waals surface area (Å²) in [5, 5.41) is 13.0. The molecule has 1 aromatic heterocycles. The van der Waals surface area contributed by atoms with Crippen molar-refractivity contribution >= 4 is 11.8 Å². The summed E-state index contributed by atoms with van der Waals surface area (Å²) in [6.45, 7) is 8.16. The highest BCUT2D eigenvalue weighted by molar-refractivity contribution is 5.92. The number of piperidine rings is 1. The third kappa shape index (κ3) is 6.75. The smallest absolute Gasteiger partial charge is 0.269 e. The fourth-order valence-corrected chi connectivity index (χ4v) is 3.32. The van der Waals surface area contributed by atoms with E-state index in [1.165, 1.54) is 0 Å². The van der Waals surface area contributed by atoms with Crippen molar-refractivity contribution in [3.05, 3.63) is 30.1 Å². The van der Waals surface area contributed by atoms with Gasteiger partial charge in [-0.2, -0.15) is 0 Å². The van der Waals surface area contributed by atoms with Crippen molar-refractivity contribution < 1.29 is 14.7 Å². The third-order valence-corrected chi connectivity index (χ3v) is 4.67. The zero-order valence-electron chi connectivity index (χ0n) is 16.1. The molecule has 0 saturated carbocycles. The summed E-state index contributed by atoms with van der Waals surface area (Å²) in [7, 11) is 0. The predicted molar refractivity (Wildman–Crippen MR) is 101 cm³/mol. The van der Waals surface area contributed by atoms with E-state index in [0.717, 1.165) is 12.8 Å². The molecule has 0 aliphatic carbocycles. The van der Waals surface area contributed by atoms with Crippen molar-refractivity contribution in [1.29, 1.82) is 0 Å². The first-order valence-corrected chi connectivity index (χ1v) is 9.39. The fraction of sp³-hybridized carbons (Fsp3) is 0.650. The summed E-state index contributed by atoms with van der Waals surface area (Å²) in [6, 6.07) is 5.27. The van der Waals surface area contributed by atoms with Crippen LogP contribution in [-0.4, -0.2) is 52.5 Å². The molecule has 144 valence electrons. The van der Waals surface area contributed by atoms with E-state index in [9.17, 15) is 14.7 Å². The molecule has 1 aliphatic rings. The minimum Gasteiger partial charge on any atom is -0.393 e. The second kappa shape index (κ2) is 9.12. The molecular weight excluding hydrogens is 330 g/mol. The van der Waals surface area contributed by atoms with Crippen molar-refractivity contribution in [3.8, 4) is 0 Å².